The minimum atomic E-state index is -0.284. The van der Waals surface area contributed by atoms with Gasteiger partial charge in [0.15, 0.2) is 0 Å². The molecule has 2 heterocycles. The first kappa shape index (κ1) is 17.2. The molecule has 0 spiro atoms. The molecule has 8 nitrogen and oxygen atoms in total. The number of nitrogens with one attached hydrogen (secondary N) is 3. The van der Waals surface area contributed by atoms with Crippen molar-refractivity contribution in [1.82, 2.24) is 25.5 Å². The van der Waals surface area contributed by atoms with Gasteiger partial charge in [-0.3, -0.25) is 9.89 Å². The summed E-state index contributed by atoms with van der Waals surface area (Å²) < 4.78 is 0. The van der Waals surface area contributed by atoms with Gasteiger partial charge in [0.1, 0.15) is 6.54 Å². The molecule has 0 atom stereocenters. The Morgan fingerprint density at radius 2 is 2.00 bits per heavy atom. The molecule has 0 fully saturated rings. The number of hydrogen-bond donors (Lipinski definition) is 3. The number of fused-ring (bicyclic) bond motifs is 1. The lowest BCUT2D eigenvalue weighted by Gasteiger charge is -2.07. The first-order chi connectivity index (χ1) is 13.7. The largest absolute Gasteiger partial charge is 0.339 e. The van der Waals surface area contributed by atoms with Crippen molar-refractivity contribution in [3.63, 3.8) is 0 Å². The second-order valence-corrected chi connectivity index (χ2v) is 5.98. The summed E-state index contributed by atoms with van der Waals surface area (Å²) in [4.78, 5) is 20.7. The fraction of sp³-hybridized carbons (Fsp3) is 0.0500. The van der Waals surface area contributed by atoms with E-state index < -0.39 is 0 Å². The Balaban J connectivity index is 1.53. The van der Waals surface area contributed by atoms with Crippen LogP contribution in [0.25, 0.3) is 22.2 Å². The Labute approximate surface area is 160 Å². The topological polar surface area (TPSA) is 119 Å². The van der Waals surface area contributed by atoms with Crippen LogP contribution in [0, 0.1) is 11.3 Å². The van der Waals surface area contributed by atoms with Crippen LogP contribution in [-0.2, 0) is 0 Å². The standard InChI is InChI=1S/C20H15N7O/c21-8-10-22-19(28)14-3-1-13(2-4-14)17-7-9-23-20(26-17)25-16-5-6-18-15(11-16)12-24-27-18/h1-7,9,11-12H,10H2,(H,22,28)(H,24,27)(H,23,25,26). The van der Waals surface area contributed by atoms with Gasteiger partial charge in [0.05, 0.1) is 23.5 Å². The number of aromatic amines is 1. The number of aromatic nitrogens is 4. The van der Waals surface area contributed by atoms with Crippen molar-refractivity contribution in [3.8, 4) is 17.3 Å². The average molecular weight is 369 g/mol. The van der Waals surface area contributed by atoms with Crippen molar-refractivity contribution >= 4 is 28.4 Å². The van der Waals surface area contributed by atoms with Crippen molar-refractivity contribution in [3.05, 3.63) is 66.5 Å². The van der Waals surface area contributed by atoms with Crippen LogP contribution in [0.4, 0.5) is 11.6 Å². The highest BCUT2D eigenvalue weighted by Gasteiger charge is 2.07. The second-order valence-electron chi connectivity index (χ2n) is 5.98. The van der Waals surface area contributed by atoms with Crippen molar-refractivity contribution in [2.24, 2.45) is 0 Å². The van der Waals surface area contributed by atoms with E-state index in [1.54, 1.807) is 30.6 Å². The van der Waals surface area contributed by atoms with Gasteiger partial charge < -0.3 is 10.6 Å². The van der Waals surface area contributed by atoms with E-state index in [1.807, 2.05) is 36.4 Å². The van der Waals surface area contributed by atoms with Crippen LogP contribution in [0.1, 0.15) is 10.4 Å². The molecule has 4 rings (SSSR count). The molecule has 0 aliphatic heterocycles. The lowest BCUT2D eigenvalue weighted by molar-refractivity contribution is 0.0958. The van der Waals surface area contributed by atoms with Crippen molar-refractivity contribution in [2.45, 2.75) is 0 Å². The maximum Gasteiger partial charge on any atom is 0.252 e. The summed E-state index contributed by atoms with van der Waals surface area (Å²) >= 11 is 0. The van der Waals surface area contributed by atoms with E-state index in [2.05, 4.69) is 30.8 Å². The Morgan fingerprint density at radius 1 is 1.14 bits per heavy atom. The molecule has 1 amide bonds. The minimum absolute atomic E-state index is 0.0217. The summed E-state index contributed by atoms with van der Waals surface area (Å²) in [6.45, 7) is -0.0217. The van der Waals surface area contributed by atoms with Gasteiger partial charge in [0, 0.05) is 28.4 Å². The van der Waals surface area contributed by atoms with Crippen LogP contribution in [0.5, 0.6) is 0 Å². The van der Waals surface area contributed by atoms with Crippen molar-refractivity contribution in [2.75, 3.05) is 11.9 Å². The van der Waals surface area contributed by atoms with Crippen LogP contribution in [-0.4, -0.2) is 32.6 Å². The van der Waals surface area contributed by atoms with Crippen molar-refractivity contribution < 1.29 is 4.79 Å². The molecule has 0 saturated carbocycles. The maximum absolute atomic E-state index is 11.9. The zero-order valence-electron chi connectivity index (χ0n) is 14.7. The van der Waals surface area contributed by atoms with Crippen LogP contribution in [0.3, 0.4) is 0 Å². The van der Waals surface area contributed by atoms with E-state index >= 15 is 0 Å². The number of anilines is 2. The Bertz CT molecular complexity index is 1180. The lowest BCUT2D eigenvalue weighted by Crippen LogP contribution is -2.23. The number of carbonyl (C=O) groups excluding carboxylic acids is 1. The van der Waals surface area contributed by atoms with Gasteiger partial charge in [-0.05, 0) is 36.4 Å². The molecular weight excluding hydrogens is 354 g/mol. The van der Waals surface area contributed by atoms with E-state index in [0.717, 1.165) is 27.8 Å². The molecule has 0 aliphatic rings. The summed E-state index contributed by atoms with van der Waals surface area (Å²) in [5.74, 6) is 0.184. The molecule has 0 aliphatic carbocycles. The number of nitrogens with zero attached hydrogens (tertiary/aromatic N) is 4. The Morgan fingerprint density at radius 3 is 2.82 bits per heavy atom. The lowest BCUT2D eigenvalue weighted by atomic mass is 10.1. The maximum atomic E-state index is 11.9. The second kappa shape index (κ2) is 7.55. The zero-order valence-corrected chi connectivity index (χ0v) is 14.7. The predicted octanol–water partition coefficient (Wildman–Crippen LogP) is 3.02. The van der Waals surface area contributed by atoms with E-state index in [1.165, 1.54) is 0 Å². The summed E-state index contributed by atoms with van der Waals surface area (Å²) in [7, 11) is 0. The van der Waals surface area contributed by atoms with Gasteiger partial charge in [-0.1, -0.05) is 12.1 Å². The van der Waals surface area contributed by atoms with Gasteiger partial charge >= 0.3 is 0 Å². The summed E-state index contributed by atoms with van der Waals surface area (Å²) in [5, 5.41) is 22.2. The smallest absolute Gasteiger partial charge is 0.252 e. The van der Waals surface area contributed by atoms with Crippen LogP contribution < -0.4 is 10.6 Å². The van der Waals surface area contributed by atoms with Crippen LogP contribution >= 0.6 is 0 Å². The van der Waals surface area contributed by atoms with E-state index in [-0.39, 0.29) is 12.5 Å². The molecule has 136 valence electrons. The first-order valence-corrected chi connectivity index (χ1v) is 8.52. The number of carbonyl (C=O) groups is 1. The molecule has 4 aromatic rings. The molecule has 2 aromatic heterocycles. The van der Waals surface area contributed by atoms with E-state index in [0.29, 0.717) is 11.5 Å². The molecule has 28 heavy (non-hydrogen) atoms. The summed E-state index contributed by atoms with van der Waals surface area (Å²) in [6.07, 6.45) is 3.43. The Kier molecular flexibility index (Phi) is 4.63. The van der Waals surface area contributed by atoms with E-state index in [4.69, 9.17) is 5.26 Å². The van der Waals surface area contributed by atoms with Gasteiger partial charge in [0.25, 0.3) is 5.91 Å². The fourth-order valence-electron chi connectivity index (χ4n) is 2.74. The minimum Gasteiger partial charge on any atom is -0.339 e. The number of hydrogen-bond acceptors (Lipinski definition) is 6. The molecule has 0 radical (unpaired) electrons. The summed E-state index contributed by atoms with van der Waals surface area (Å²) in [5.41, 5.74) is 3.88. The van der Waals surface area contributed by atoms with Gasteiger partial charge in [-0.2, -0.15) is 10.4 Å². The average Bonchev–Trinajstić information content (AvgIpc) is 3.20. The molecule has 0 saturated heterocycles. The summed E-state index contributed by atoms with van der Waals surface area (Å²) in [6, 6.07) is 16.5. The van der Waals surface area contributed by atoms with E-state index in [9.17, 15) is 4.79 Å². The number of H-pyrrole nitrogens is 1. The molecular formula is C20H15N7O. The highest BCUT2D eigenvalue weighted by molar-refractivity contribution is 5.94. The first-order valence-electron chi connectivity index (χ1n) is 8.52. The third-order valence-electron chi connectivity index (χ3n) is 4.12. The third-order valence-corrected chi connectivity index (χ3v) is 4.12. The normalized spacial score (nSPS) is 10.4. The molecule has 2 aromatic carbocycles. The fourth-order valence-corrected chi connectivity index (χ4v) is 2.74. The molecule has 0 bridgehead atoms. The van der Waals surface area contributed by atoms with Crippen molar-refractivity contribution in [1.29, 1.82) is 5.26 Å². The SMILES string of the molecule is N#CCNC(=O)c1ccc(-c2ccnc(Nc3ccc4[nH]ncc4c3)n2)cc1. The predicted molar refractivity (Wildman–Crippen MR) is 105 cm³/mol. The van der Waals surface area contributed by atoms with Crippen LogP contribution in [0.2, 0.25) is 0 Å². The quantitative estimate of drug-likeness (QED) is 0.465. The number of nitriles is 1. The molecule has 8 heteroatoms. The van der Waals surface area contributed by atoms with Gasteiger partial charge in [-0.15, -0.1) is 0 Å². The molecule has 0 unspecified atom stereocenters. The highest BCUT2D eigenvalue weighted by atomic mass is 16.1. The third kappa shape index (κ3) is 3.64. The number of amides is 1. The highest BCUT2D eigenvalue weighted by Crippen LogP contribution is 2.22. The Hall–Kier alpha value is -4.25. The van der Waals surface area contributed by atoms with Crippen LogP contribution in [0.15, 0.2) is 60.9 Å². The number of rotatable bonds is 5. The van der Waals surface area contributed by atoms with Gasteiger partial charge in [0.2, 0.25) is 5.95 Å². The number of benzene rings is 2. The van der Waals surface area contributed by atoms with Gasteiger partial charge in [-0.25, -0.2) is 9.97 Å². The zero-order chi connectivity index (χ0) is 19.3. The molecule has 3 N–H and O–H groups in total. The monoisotopic (exact) mass is 369 g/mol.